The fraction of sp³-hybridized carbons (Fsp3) is 0.417. The molecule has 5 nitrogen and oxygen atoms in total. The first-order chi connectivity index (χ1) is 14.1. The second kappa shape index (κ2) is 8.78. The second-order valence-corrected chi connectivity index (χ2v) is 8.05. The number of carbonyl (C=O) groups excluding carboxylic acids is 2. The molecule has 152 valence electrons. The zero-order valence-electron chi connectivity index (χ0n) is 17.1. The number of piperidine rings is 1. The minimum Gasteiger partial charge on any atom is -0.348 e. The van der Waals surface area contributed by atoms with Crippen molar-refractivity contribution in [1.29, 1.82) is 0 Å². The van der Waals surface area contributed by atoms with Gasteiger partial charge in [0.05, 0.1) is 0 Å². The highest BCUT2D eigenvalue weighted by atomic mass is 16.2. The molecule has 0 aromatic heterocycles. The Morgan fingerprint density at radius 3 is 2.48 bits per heavy atom. The van der Waals surface area contributed by atoms with Crippen LogP contribution in [0.5, 0.6) is 0 Å². The van der Waals surface area contributed by atoms with Crippen LogP contribution < -0.4 is 10.2 Å². The van der Waals surface area contributed by atoms with Gasteiger partial charge in [-0.2, -0.15) is 0 Å². The summed E-state index contributed by atoms with van der Waals surface area (Å²) in [6.07, 6.45) is 4.68. The predicted molar refractivity (Wildman–Crippen MR) is 115 cm³/mol. The van der Waals surface area contributed by atoms with E-state index in [1.54, 1.807) is 11.8 Å². The summed E-state index contributed by atoms with van der Waals surface area (Å²) < 4.78 is 0. The maximum atomic E-state index is 12.7. The molecule has 0 unspecified atom stereocenters. The third-order valence-electron chi connectivity index (χ3n) is 6.02. The Kier molecular flexibility index (Phi) is 5.95. The largest absolute Gasteiger partial charge is 0.348 e. The lowest BCUT2D eigenvalue weighted by atomic mass is 10.0. The normalized spacial score (nSPS) is 16.5. The highest BCUT2D eigenvalue weighted by Gasteiger charge is 2.23. The third kappa shape index (κ3) is 4.51. The van der Waals surface area contributed by atoms with Gasteiger partial charge in [-0.05, 0) is 67.2 Å². The van der Waals surface area contributed by atoms with Crippen LogP contribution >= 0.6 is 0 Å². The van der Waals surface area contributed by atoms with E-state index in [9.17, 15) is 9.59 Å². The monoisotopic (exact) mass is 391 g/mol. The van der Waals surface area contributed by atoms with Crippen LogP contribution in [-0.2, 0) is 24.3 Å². The molecule has 2 aromatic rings. The zero-order valence-corrected chi connectivity index (χ0v) is 17.1. The lowest BCUT2D eigenvalue weighted by molar-refractivity contribution is -0.116. The summed E-state index contributed by atoms with van der Waals surface area (Å²) in [6.45, 7) is 6.07. The Balaban J connectivity index is 1.41. The van der Waals surface area contributed by atoms with Gasteiger partial charge >= 0.3 is 0 Å². The summed E-state index contributed by atoms with van der Waals surface area (Å²) in [6, 6.07) is 14.0. The van der Waals surface area contributed by atoms with Gasteiger partial charge in [0.25, 0.3) is 5.91 Å². The van der Waals surface area contributed by atoms with E-state index in [0.29, 0.717) is 18.7 Å². The fourth-order valence-corrected chi connectivity index (χ4v) is 4.39. The summed E-state index contributed by atoms with van der Waals surface area (Å²) in [5.74, 6) is -0.0203. The van der Waals surface area contributed by atoms with Gasteiger partial charge in [-0.15, -0.1) is 0 Å². The van der Waals surface area contributed by atoms with Crippen LogP contribution in [0, 0.1) is 0 Å². The lowest BCUT2D eigenvalue weighted by Gasteiger charge is -2.27. The van der Waals surface area contributed by atoms with Crippen molar-refractivity contribution >= 4 is 17.5 Å². The average molecular weight is 392 g/mol. The van der Waals surface area contributed by atoms with Crippen LogP contribution in [-0.4, -0.2) is 36.3 Å². The Morgan fingerprint density at radius 1 is 0.966 bits per heavy atom. The summed E-state index contributed by atoms with van der Waals surface area (Å²) in [4.78, 5) is 28.7. The van der Waals surface area contributed by atoms with E-state index in [1.165, 1.54) is 30.4 Å². The zero-order chi connectivity index (χ0) is 20.2. The molecule has 1 saturated heterocycles. The minimum atomic E-state index is -0.0677. The predicted octanol–water partition coefficient (Wildman–Crippen LogP) is 3.51. The lowest BCUT2D eigenvalue weighted by Crippen LogP contribution is -2.30. The van der Waals surface area contributed by atoms with E-state index >= 15 is 0 Å². The Bertz CT molecular complexity index is 903. The van der Waals surface area contributed by atoms with Crippen LogP contribution in [0.2, 0.25) is 0 Å². The molecular formula is C24H29N3O2. The molecule has 2 aliphatic heterocycles. The van der Waals surface area contributed by atoms with Crippen molar-refractivity contribution in [3.8, 4) is 0 Å². The van der Waals surface area contributed by atoms with Crippen molar-refractivity contribution < 1.29 is 9.59 Å². The molecule has 1 N–H and O–H groups in total. The fourth-order valence-electron chi connectivity index (χ4n) is 4.39. The number of likely N-dealkylation sites (tertiary alicyclic amines) is 1. The number of hydrogen-bond acceptors (Lipinski definition) is 3. The summed E-state index contributed by atoms with van der Waals surface area (Å²) >= 11 is 0. The molecule has 4 rings (SSSR count). The molecule has 5 heteroatoms. The molecule has 0 radical (unpaired) electrons. The van der Waals surface area contributed by atoms with E-state index in [4.69, 9.17) is 0 Å². The van der Waals surface area contributed by atoms with Crippen LogP contribution in [0.3, 0.4) is 0 Å². The van der Waals surface area contributed by atoms with Crippen LogP contribution in [0.15, 0.2) is 42.5 Å². The number of carbonyl (C=O) groups is 2. The summed E-state index contributed by atoms with van der Waals surface area (Å²) in [5, 5.41) is 3.08. The maximum absolute atomic E-state index is 12.7. The first-order valence-electron chi connectivity index (χ1n) is 10.6. The quantitative estimate of drug-likeness (QED) is 0.849. The molecule has 29 heavy (non-hydrogen) atoms. The van der Waals surface area contributed by atoms with Crippen molar-refractivity contribution in [3.05, 3.63) is 64.7 Å². The van der Waals surface area contributed by atoms with Crippen molar-refractivity contribution in [2.45, 2.75) is 45.7 Å². The molecule has 0 spiro atoms. The van der Waals surface area contributed by atoms with Gasteiger partial charge < -0.3 is 10.2 Å². The van der Waals surface area contributed by atoms with Gasteiger partial charge in [-0.25, -0.2) is 0 Å². The number of anilines is 1. The molecule has 2 aliphatic rings. The maximum Gasteiger partial charge on any atom is 0.251 e. The topological polar surface area (TPSA) is 52.7 Å². The molecule has 0 saturated carbocycles. The Labute approximate surface area is 172 Å². The number of rotatable bonds is 5. The van der Waals surface area contributed by atoms with Gasteiger partial charge in [0.2, 0.25) is 5.91 Å². The van der Waals surface area contributed by atoms with E-state index in [0.717, 1.165) is 37.3 Å². The van der Waals surface area contributed by atoms with Gasteiger partial charge in [-0.3, -0.25) is 14.5 Å². The van der Waals surface area contributed by atoms with Crippen molar-refractivity contribution in [2.24, 2.45) is 0 Å². The Hall–Kier alpha value is -2.66. The van der Waals surface area contributed by atoms with Crippen LogP contribution in [0.4, 0.5) is 5.69 Å². The van der Waals surface area contributed by atoms with Gasteiger partial charge in [0.1, 0.15) is 0 Å². The van der Waals surface area contributed by atoms with Gasteiger partial charge in [0, 0.05) is 37.8 Å². The molecule has 0 atom stereocenters. The third-order valence-corrected chi connectivity index (χ3v) is 6.02. The summed E-state index contributed by atoms with van der Waals surface area (Å²) in [7, 11) is 0. The van der Waals surface area contributed by atoms with Crippen LogP contribution in [0.1, 0.15) is 53.2 Å². The molecule has 2 amide bonds. The standard InChI is InChI=1S/C24H29N3O2/c1-18(28)27-14-11-19-15-20(9-10-23(19)27)24(29)25-16-21-7-3-4-8-22(21)17-26-12-5-2-6-13-26/h3-4,7-10,15H,2,5-6,11-14,16-17H2,1H3,(H,25,29). The molecule has 2 aromatic carbocycles. The van der Waals surface area contributed by atoms with E-state index in [2.05, 4.69) is 28.4 Å². The van der Waals surface area contributed by atoms with Crippen LogP contribution in [0.25, 0.3) is 0 Å². The van der Waals surface area contributed by atoms with E-state index in [1.807, 2.05) is 24.3 Å². The molecule has 0 bridgehead atoms. The number of benzene rings is 2. The second-order valence-electron chi connectivity index (χ2n) is 8.05. The van der Waals surface area contributed by atoms with Crippen molar-refractivity contribution in [3.63, 3.8) is 0 Å². The number of nitrogens with one attached hydrogen (secondary N) is 1. The number of amides is 2. The molecule has 0 aliphatic carbocycles. The first-order valence-corrected chi connectivity index (χ1v) is 10.6. The van der Waals surface area contributed by atoms with Gasteiger partial charge in [-0.1, -0.05) is 30.7 Å². The minimum absolute atomic E-state index is 0.0475. The van der Waals surface area contributed by atoms with E-state index < -0.39 is 0 Å². The Morgan fingerprint density at radius 2 is 1.72 bits per heavy atom. The highest BCUT2D eigenvalue weighted by Crippen LogP contribution is 2.29. The van der Waals surface area contributed by atoms with Crippen molar-refractivity contribution in [2.75, 3.05) is 24.5 Å². The number of fused-ring (bicyclic) bond motifs is 1. The average Bonchev–Trinajstić information content (AvgIpc) is 3.17. The smallest absolute Gasteiger partial charge is 0.251 e. The number of nitrogens with zero attached hydrogens (tertiary/aromatic N) is 2. The molecular weight excluding hydrogens is 362 g/mol. The van der Waals surface area contributed by atoms with Gasteiger partial charge in [0.15, 0.2) is 0 Å². The number of hydrogen-bond donors (Lipinski definition) is 1. The summed E-state index contributed by atoms with van der Waals surface area (Å²) in [5.41, 5.74) is 5.12. The molecule has 2 heterocycles. The SMILES string of the molecule is CC(=O)N1CCc2cc(C(=O)NCc3ccccc3CN3CCCCC3)ccc21. The van der Waals surface area contributed by atoms with E-state index in [-0.39, 0.29) is 11.8 Å². The highest BCUT2D eigenvalue weighted by molar-refractivity contribution is 5.97. The van der Waals surface area contributed by atoms with Crippen molar-refractivity contribution in [1.82, 2.24) is 10.2 Å². The first kappa shape index (κ1) is 19.6. The molecule has 1 fully saturated rings.